The highest BCUT2D eigenvalue weighted by Gasteiger charge is 2.39. The first kappa shape index (κ1) is 8.50. The second-order valence-corrected chi connectivity index (χ2v) is 5.12. The topological polar surface area (TPSA) is 22.4 Å². The van der Waals surface area contributed by atoms with Crippen LogP contribution in [0.3, 0.4) is 0 Å². The van der Waals surface area contributed by atoms with Crippen LogP contribution >= 0.6 is 15.9 Å². The summed E-state index contributed by atoms with van der Waals surface area (Å²) in [6.07, 6.45) is 1.82. The molecule has 0 bridgehead atoms. The van der Waals surface area contributed by atoms with Crippen LogP contribution in [0.1, 0.15) is 5.56 Å². The molecule has 14 heavy (non-hydrogen) atoms. The van der Waals surface area contributed by atoms with Gasteiger partial charge >= 0.3 is 0 Å². The Morgan fingerprint density at radius 3 is 2.71 bits per heavy atom. The highest BCUT2D eigenvalue weighted by atomic mass is 79.9. The van der Waals surface area contributed by atoms with Crippen LogP contribution < -0.4 is 0 Å². The maximum atomic E-state index is 5.49. The third-order valence-electron chi connectivity index (χ3n) is 2.63. The van der Waals surface area contributed by atoms with E-state index >= 15 is 0 Å². The summed E-state index contributed by atoms with van der Waals surface area (Å²) >= 11 is 3.69. The second kappa shape index (κ2) is 2.84. The normalized spacial score (nSPS) is 19.5. The molecule has 0 spiro atoms. The molecular formula is C11H9BrO2. The average Bonchev–Trinajstić information content (AvgIpc) is 2.58. The average molecular weight is 253 g/mol. The van der Waals surface area contributed by atoms with Crippen molar-refractivity contribution < 1.29 is 9.15 Å². The molecule has 2 aromatic rings. The number of rotatable bonds is 1. The van der Waals surface area contributed by atoms with Gasteiger partial charge in [-0.2, -0.15) is 0 Å². The van der Waals surface area contributed by atoms with Crippen molar-refractivity contribution in [3.63, 3.8) is 0 Å². The zero-order valence-corrected chi connectivity index (χ0v) is 9.08. The summed E-state index contributed by atoms with van der Waals surface area (Å²) in [5.41, 5.74) is 2.13. The lowest BCUT2D eigenvalue weighted by Crippen LogP contribution is -2.40. The Labute approximate surface area is 90.0 Å². The molecule has 0 N–H and O–H groups in total. The molecular weight excluding hydrogens is 244 g/mol. The van der Waals surface area contributed by atoms with Crippen molar-refractivity contribution in [1.29, 1.82) is 0 Å². The van der Waals surface area contributed by atoms with Crippen LogP contribution in [0.4, 0.5) is 0 Å². The maximum Gasteiger partial charge on any atom is 0.134 e. The van der Waals surface area contributed by atoms with E-state index in [1.165, 1.54) is 10.9 Å². The zero-order chi connectivity index (χ0) is 9.60. The summed E-state index contributed by atoms with van der Waals surface area (Å²) in [6.45, 7) is 1.44. The number of hydrogen-bond donors (Lipinski definition) is 0. The monoisotopic (exact) mass is 252 g/mol. The fourth-order valence-corrected chi connectivity index (χ4v) is 2.39. The Morgan fingerprint density at radius 2 is 2.00 bits per heavy atom. The molecule has 0 unspecified atom stereocenters. The van der Waals surface area contributed by atoms with E-state index in [2.05, 4.69) is 22.0 Å². The first-order valence-electron chi connectivity index (χ1n) is 4.53. The van der Waals surface area contributed by atoms with Gasteiger partial charge in [-0.1, -0.05) is 34.1 Å². The number of benzene rings is 1. The number of halogens is 1. The van der Waals surface area contributed by atoms with Crippen LogP contribution in [0.2, 0.25) is 0 Å². The van der Waals surface area contributed by atoms with Gasteiger partial charge in [-0.3, -0.25) is 0 Å². The van der Waals surface area contributed by atoms with Crippen LogP contribution in [0.5, 0.6) is 0 Å². The minimum absolute atomic E-state index is 0.0282. The molecule has 0 saturated carbocycles. The molecule has 3 rings (SSSR count). The van der Waals surface area contributed by atoms with Gasteiger partial charge < -0.3 is 9.15 Å². The fourth-order valence-electron chi connectivity index (χ4n) is 1.76. The smallest absolute Gasteiger partial charge is 0.134 e. The molecule has 1 aliphatic rings. The lowest BCUT2D eigenvalue weighted by atomic mass is 9.97. The molecule has 1 aromatic heterocycles. The van der Waals surface area contributed by atoms with E-state index in [1.807, 2.05) is 24.5 Å². The van der Waals surface area contributed by atoms with Gasteiger partial charge in [-0.15, -0.1) is 0 Å². The van der Waals surface area contributed by atoms with E-state index in [0.29, 0.717) is 0 Å². The van der Waals surface area contributed by atoms with Crippen molar-refractivity contribution in [1.82, 2.24) is 0 Å². The van der Waals surface area contributed by atoms with Gasteiger partial charge in [-0.25, -0.2) is 0 Å². The summed E-state index contributed by atoms with van der Waals surface area (Å²) in [5.74, 6) is 0. The molecule has 1 aromatic carbocycles. The van der Waals surface area contributed by atoms with E-state index < -0.39 is 0 Å². The lowest BCUT2D eigenvalue weighted by molar-refractivity contribution is -0.00668. The summed E-state index contributed by atoms with van der Waals surface area (Å²) in [6, 6.07) is 8.06. The zero-order valence-electron chi connectivity index (χ0n) is 7.50. The largest absolute Gasteiger partial charge is 0.464 e. The van der Waals surface area contributed by atoms with Gasteiger partial charge in [0.05, 0.1) is 19.5 Å². The fraction of sp³-hybridized carbons (Fsp3) is 0.273. The molecule has 3 heteroatoms. The van der Waals surface area contributed by atoms with Gasteiger partial charge in [0, 0.05) is 10.9 Å². The van der Waals surface area contributed by atoms with Crippen molar-refractivity contribution in [2.75, 3.05) is 13.2 Å². The number of fused-ring (bicyclic) bond motifs is 1. The second-order valence-electron chi connectivity index (χ2n) is 3.60. The van der Waals surface area contributed by atoms with E-state index in [4.69, 9.17) is 9.15 Å². The SMILES string of the molecule is BrC1(c2coc3ccccc23)COC1. The van der Waals surface area contributed by atoms with Crippen molar-refractivity contribution in [2.24, 2.45) is 0 Å². The molecule has 1 saturated heterocycles. The molecule has 2 nitrogen and oxygen atoms in total. The first-order chi connectivity index (χ1) is 6.80. The van der Waals surface area contributed by atoms with E-state index in [-0.39, 0.29) is 4.32 Å². The highest BCUT2D eigenvalue weighted by molar-refractivity contribution is 9.09. The summed E-state index contributed by atoms with van der Waals surface area (Å²) in [7, 11) is 0. The van der Waals surface area contributed by atoms with E-state index in [9.17, 15) is 0 Å². The van der Waals surface area contributed by atoms with Crippen LogP contribution in [0.15, 0.2) is 34.9 Å². The quantitative estimate of drug-likeness (QED) is 0.729. The molecule has 1 fully saturated rings. The number of ether oxygens (including phenoxy) is 1. The van der Waals surface area contributed by atoms with Crippen molar-refractivity contribution >= 4 is 26.9 Å². The molecule has 0 amide bonds. The predicted octanol–water partition coefficient (Wildman–Crippen LogP) is 3.05. The summed E-state index contributed by atoms with van der Waals surface area (Å²) < 4.78 is 10.7. The van der Waals surface area contributed by atoms with Gasteiger partial charge in [0.1, 0.15) is 9.91 Å². The lowest BCUT2D eigenvalue weighted by Gasteiger charge is -2.35. The molecule has 0 radical (unpaired) electrons. The molecule has 1 aliphatic heterocycles. The highest BCUT2D eigenvalue weighted by Crippen LogP contribution is 2.42. The van der Waals surface area contributed by atoms with E-state index in [1.54, 1.807) is 0 Å². The van der Waals surface area contributed by atoms with Crippen LogP contribution in [-0.4, -0.2) is 13.2 Å². The number of furan rings is 1. The Kier molecular flexibility index (Phi) is 1.73. The van der Waals surface area contributed by atoms with Gasteiger partial charge in [0.25, 0.3) is 0 Å². The molecule has 0 aliphatic carbocycles. The maximum absolute atomic E-state index is 5.49. The third kappa shape index (κ3) is 1.06. The molecule has 2 heterocycles. The number of hydrogen-bond acceptors (Lipinski definition) is 2. The first-order valence-corrected chi connectivity index (χ1v) is 5.32. The van der Waals surface area contributed by atoms with Crippen LogP contribution in [-0.2, 0) is 9.06 Å². The third-order valence-corrected chi connectivity index (χ3v) is 3.51. The summed E-state index contributed by atoms with van der Waals surface area (Å²) in [5, 5.41) is 1.17. The Morgan fingerprint density at radius 1 is 1.21 bits per heavy atom. The van der Waals surface area contributed by atoms with Gasteiger partial charge in [-0.05, 0) is 6.07 Å². The number of alkyl halides is 1. The Bertz CT molecular complexity index is 471. The van der Waals surface area contributed by atoms with E-state index in [0.717, 1.165) is 18.8 Å². The van der Waals surface area contributed by atoms with Gasteiger partial charge in [0.15, 0.2) is 0 Å². The van der Waals surface area contributed by atoms with Crippen LogP contribution in [0, 0.1) is 0 Å². The Hall–Kier alpha value is -0.800. The number of para-hydroxylation sites is 1. The minimum Gasteiger partial charge on any atom is -0.464 e. The van der Waals surface area contributed by atoms with Gasteiger partial charge in [0.2, 0.25) is 0 Å². The molecule has 72 valence electrons. The standard InChI is InChI=1S/C11H9BrO2/c12-11(6-13-7-11)9-5-14-10-4-2-1-3-8(9)10/h1-5H,6-7H2. The predicted molar refractivity (Wildman–Crippen MR) is 57.6 cm³/mol. The minimum atomic E-state index is -0.0282. The van der Waals surface area contributed by atoms with Crippen molar-refractivity contribution in [2.45, 2.75) is 4.32 Å². The van der Waals surface area contributed by atoms with Crippen LogP contribution in [0.25, 0.3) is 11.0 Å². The Balaban J connectivity index is 2.22. The van der Waals surface area contributed by atoms with Crippen molar-refractivity contribution in [3.8, 4) is 0 Å². The molecule has 0 atom stereocenters. The summed E-state index contributed by atoms with van der Waals surface area (Å²) in [4.78, 5) is 0. The van der Waals surface area contributed by atoms with Crippen molar-refractivity contribution in [3.05, 3.63) is 36.1 Å².